The van der Waals surface area contributed by atoms with Gasteiger partial charge in [-0.3, -0.25) is 0 Å². The normalized spacial score (nSPS) is 10.3. The van der Waals surface area contributed by atoms with Gasteiger partial charge in [-0.05, 0) is 25.1 Å². The fourth-order valence-electron chi connectivity index (χ4n) is 1.64. The van der Waals surface area contributed by atoms with Crippen molar-refractivity contribution in [2.75, 3.05) is 19.0 Å². The van der Waals surface area contributed by atoms with E-state index in [4.69, 9.17) is 9.47 Å². The van der Waals surface area contributed by atoms with Gasteiger partial charge in [0.15, 0.2) is 5.82 Å². The second-order valence-corrected chi connectivity index (χ2v) is 4.95. The summed E-state index contributed by atoms with van der Waals surface area (Å²) in [6.07, 6.45) is 0. The van der Waals surface area contributed by atoms with Crippen LogP contribution in [0.4, 0.5) is 5.82 Å². The zero-order chi connectivity index (χ0) is 14.4. The van der Waals surface area contributed by atoms with Gasteiger partial charge in [-0.1, -0.05) is 22.0 Å². The van der Waals surface area contributed by atoms with Crippen LogP contribution in [-0.4, -0.2) is 23.6 Å². The van der Waals surface area contributed by atoms with Crippen LogP contribution < -0.4 is 10.1 Å². The van der Waals surface area contributed by atoms with E-state index in [2.05, 4.69) is 31.2 Å². The van der Waals surface area contributed by atoms with E-state index in [1.165, 1.54) is 0 Å². The molecule has 0 unspecified atom stereocenters. The summed E-state index contributed by atoms with van der Waals surface area (Å²) in [6, 6.07) is 9.36. The molecule has 0 aliphatic rings. The van der Waals surface area contributed by atoms with E-state index in [-0.39, 0.29) is 0 Å². The molecule has 0 bridgehead atoms. The van der Waals surface area contributed by atoms with Crippen LogP contribution in [0, 0.1) is 0 Å². The summed E-state index contributed by atoms with van der Waals surface area (Å²) < 4.78 is 11.8. The average molecular weight is 338 g/mol. The maximum Gasteiger partial charge on any atom is 0.224 e. The molecular weight excluding hydrogens is 322 g/mol. The Morgan fingerprint density at radius 1 is 1.25 bits per heavy atom. The van der Waals surface area contributed by atoms with E-state index in [0.29, 0.717) is 24.1 Å². The molecule has 0 aliphatic carbocycles. The van der Waals surface area contributed by atoms with Crippen molar-refractivity contribution < 1.29 is 9.47 Å². The predicted octanol–water partition coefficient (Wildman–Crippen LogP) is 3.61. The summed E-state index contributed by atoms with van der Waals surface area (Å²) in [5.41, 5.74) is 0. The molecule has 0 fully saturated rings. The monoisotopic (exact) mass is 337 g/mol. The van der Waals surface area contributed by atoms with Crippen molar-refractivity contribution in [2.24, 2.45) is 0 Å². The van der Waals surface area contributed by atoms with E-state index in [0.717, 1.165) is 16.8 Å². The van der Waals surface area contributed by atoms with E-state index in [9.17, 15) is 0 Å². The minimum absolute atomic E-state index is 0.341. The third-order valence-corrected chi connectivity index (χ3v) is 2.89. The Morgan fingerprint density at radius 3 is 2.80 bits per heavy atom. The number of hydrogen-bond acceptors (Lipinski definition) is 5. The SMILES string of the molecule is CCNc1cc(Oc2cccc(Br)c2)nc(COC)n1. The summed E-state index contributed by atoms with van der Waals surface area (Å²) in [6.45, 7) is 3.13. The van der Waals surface area contributed by atoms with Gasteiger partial charge >= 0.3 is 0 Å². The highest BCUT2D eigenvalue weighted by Gasteiger charge is 2.06. The third kappa shape index (κ3) is 4.18. The molecule has 2 aromatic rings. The van der Waals surface area contributed by atoms with Crippen molar-refractivity contribution in [3.8, 4) is 11.6 Å². The molecule has 2 rings (SSSR count). The summed E-state index contributed by atoms with van der Waals surface area (Å²) >= 11 is 3.41. The zero-order valence-corrected chi connectivity index (χ0v) is 13.0. The van der Waals surface area contributed by atoms with Crippen LogP contribution in [0.3, 0.4) is 0 Å². The fourth-order valence-corrected chi connectivity index (χ4v) is 2.02. The Morgan fingerprint density at radius 2 is 2.10 bits per heavy atom. The van der Waals surface area contributed by atoms with Crippen molar-refractivity contribution in [3.63, 3.8) is 0 Å². The highest BCUT2D eigenvalue weighted by molar-refractivity contribution is 9.10. The molecule has 6 heteroatoms. The molecule has 106 valence electrons. The van der Waals surface area contributed by atoms with E-state index in [1.807, 2.05) is 31.2 Å². The Labute approximate surface area is 126 Å². The number of ether oxygens (including phenoxy) is 2. The van der Waals surface area contributed by atoms with E-state index < -0.39 is 0 Å². The topological polar surface area (TPSA) is 56.3 Å². The number of hydrogen-bond donors (Lipinski definition) is 1. The number of benzene rings is 1. The molecule has 0 amide bonds. The van der Waals surface area contributed by atoms with Crippen molar-refractivity contribution in [2.45, 2.75) is 13.5 Å². The largest absolute Gasteiger partial charge is 0.439 e. The Hall–Kier alpha value is -1.66. The lowest BCUT2D eigenvalue weighted by Crippen LogP contribution is -2.05. The second kappa shape index (κ2) is 7.21. The average Bonchev–Trinajstić information content (AvgIpc) is 2.39. The van der Waals surface area contributed by atoms with Gasteiger partial charge in [0.2, 0.25) is 5.88 Å². The first-order valence-corrected chi connectivity index (χ1v) is 7.04. The molecule has 0 saturated heterocycles. The van der Waals surface area contributed by atoms with Crippen LogP contribution in [0.2, 0.25) is 0 Å². The molecule has 5 nitrogen and oxygen atoms in total. The standard InChI is InChI=1S/C14H16BrN3O2/c1-3-16-12-8-14(18-13(17-12)9-19-2)20-11-6-4-5-10(15)7-11/h4-8H,3,9H2,1-2H3,(H,16,17,18). The number of anilines is 1. The molecule has 1 N–H and O–H groups in total. The fraction of sp³-hybridized carbons (Fsp3) is 0.286. The van der Waals surface area contributed by atoms with Crippen molar-refractivity contribution in [1.82, 2.24) is 9.97 Å². The molecule has 0 saturated carbocycles. The third-order valence-electron chi connectivity index (χ3n) is 2.40. The summed E-state index contributed by atoms with van der Waals surface area (Å²) in [5.74, 6) is 2.50. The zero-order valence-electron chi connectivity index (χ0n) is 11.4. The van der Waals surface area contributed by atoms with Gasteiger partial charge in [0.05, 0.1) is 0 Å². The number of aromatic nitrogens is 2. The lowest BCUT2D eigenvalue weighted by molar-refractivity contribution is 0.177. The van der Waals surface area contributed by atoms with Gasteiger partial charge in [-0.2, -0.15) is 4.98 Å². The summed E-state index contributed by atoms with van der Waals surface area (Å²) in [4.78, 5) is 8.65. The van der Waals surface area contributed by atoms with Gasteiger partial charge < -0.3 is 14.8 Å². The number of methoxy groups -OCH3 is 1. The minimum atomic E-state index is 0.341. The highest BCUT2D eigenvalue weighted by atomic mass is 79.9. The van der Waals surface area contributed by atoms with Gasteiger partial charge in [0, 0.05) is 24.2 Å². The molecule has 1 aromatic carbocycles. The smallest absolute Gasteiger partial charge is 0.224 e. The van der Waals surface area contributed by atoms with Gasteiger partial charge in [0.1, 0.15) is 18.2 Å². The first-order valence-electron chi connectivity index (χ1n) is 6.25. The molecule has 0 aliphatic heterocycles. The highest BCUT2D eigenvalue weighted by Crippen LogP contribution is 2.24. The molecule has 20 heavy (non-hydrogen) atoms. The van der Waals surface area contributed by atoms with Crippen LogP contribution in [0.5, 0.6) is 11.6 Å². The number of nitrogens with zero attached hydrogens (tertiary/aromatic N) is 2. The van der Waals surface area contributed by atoms with Crippen molar-refractivity contribution in [3.05, 3.63) is 40.6 Å². The quantitative estimate of drug-likeness (QED) is 0.872. The maximum atomic E-state index is 5.76. The van der Waals surface area contributed by atoms with Gasteiger partial charge in [-0.25, -0.2) is 4.98 Å². The lowest BCUT2D eigenvalue weighted by atomic mass is 10.3. The lowest BCUT2D eigenvalue weighted by Gasteiger charge is -2.09. The first kappa shape index (κ1) is 14.7. The predicted molar refractivity (Wildman–Crippen MR) is 81.1 cm³/mol. The Balaban J connectivity index is 2.25. The molecule has 1 aromatic heterocycles. The summed E-state index contributed by atoms with van der Waals surface area (Å²) in [5, 5.41) is 3.15. The number of halogens is 1. The van der Waals surface area contributed by atoms with Crippen molar-refractivity contribution in [1.29, 1.82) is 0 Å². The molecule has 0 spiro atoms. The Bertz CT molecular complexity index is 554. The van der Waals surface area contributed by atoms with Crippen molar-refractivity contribution >= 4 is 21.7 Å². The second-order valence-electron chi connectivity index (χ2n) is 4.03. The number of nitrogens with one attached hydrogen (secondary N) is 1. The van der Waals surface area contributed by atoms with Crippen LogP contribution in [0.1, 0.15) is 12.7 Å². The van der Waals surface area contributed by atoms with Crippen LogP contribution >= 0.6 is 15.9 Å². The summed E-state index contributed by atoms with van der Waals surface area (Å²) in [7, 11) is 1.61. The van der Waals surface area contributed by atoms with Crippen LogP contribution in [0.15, 0.2) is 34.8 Å². The van der Waals surface area contributed by atoms with Gasteiger partial charge in [-0.15, -0.1) is 0 Å². The minimum Gasteiger partial charge on any atom is -0.439 e. The van der Waals surface area contributed by atoms with E-state index >= 15 is 0 Å². The maximum absolute atomic E-state index is 5.76. The van der Waals surface area contributed by atoms with Crippen LogP contribution in [-0.2, 0) is 11.3 Å². The molecule has 1 heterocycles. The molecule has 0 atom stereocenters. The molecule has 0 radical (unpaired) electrons. The van der Waals surface area contributed by atoms with Crippen LogP contribution in [0.25, 0.3) is 0 Å². The van der Waals surface area contributed by atoms with Gasteiger partial charge in [0.25, 0.3) is 0 Å². The first-order chi connectivity index (χ1) is 9.71. The molecular formula is C14H16BrN3O2. The van der Waals surface area contributed by atoms with E-state index in [1.54, 1.807) is 13.2 Å². The number of rotatable bonds is 6. The Kier molecular flexibility index (Phi) is 5.31.